The second-order valence-electron chi connectivity index (χ2n) is 8.62. The largest absolute Gasteiger partial charge is 0.497 e. The van der Waals surface area contributed by atoms with Crippen molar-refractivity contribution in [1.82, 2.24) is 5.43 Å². The van der Waals surface area contributed by atoms with E-state index >= 15 is 0 Å². The van der Waals surface area contributed by atoms with Crippen molar-refractivity contribution >= 4 is 23.2 Å². The van der Waals surface area contributed by atoms with E-state index in [-0.39, 0.29) is 11.8 Å². The van der Waals surface area contributed by atoms with Crippen molar-refractivity contribution in [2.45, 2.75) is 39.0 Å². The molecule has 3 aromatic rings. The number of carbonyl (C=O) groups excluding carboxylic acids is 2. The number of benzene rings is 2. The van der Waals surface area contributed by atoms with Crippen LogP contribution in [0.3, 0.4) is 0 Å². The lowest BCUT2D eigenvalue weighted by molar-refractivity contribution is 0.0948. The summed E-state index contributed by atoms with van der Waals surface area (Å²) in [6, 6.07) is 14.9. The maximum absolute atomic E-state index is 13.5. The highest BCUT2D eigenvalue weighted by molar-refractivity contribution is 6.10. The molecule has 7 heteroatoms. The molecule has 1 aliphatic carbocycles. The van der Waals surface area contributed by atoms with Gasteiger partial charge in [0.15, 0.2) is 5.76 Å². The van der Waals surface area contributed by atoms with Crippen molar-refractivity contribution < 1.29 is 18.7 Å². The van der Waals surface area contributed by atoms with E-state index in [9.17, 15) is 9.59 Å². The summed E-state index contributed by atoms with van der Waals surface area (Å²) in [6.07, 6.45) is 4.18. The minimum absolute atomic E-state index is 0.124. The van der Waals surface area contributed by atoms with Crippen LogP contribution in [0, 0.1) is 6.92 Å². The number of nitrogens with zero attached hydrogens (tertiary/aromatic N) is 2. The molecule has 0 bridgehead atoms. The van der Waals surface area contributed by atoms with E-state index in [1.807, 2.05) is 30.0 Å². The number of methoxy groups -OCH3 is 1. The van der Waals surface area contributed by atoms with Crippen LogP contribution in [-0.4, -0.2) is 31.2 Å². The van der Waals surface area contributed by atoms with Crippen molar-refractivity contribution in [1.29, 1.82) is 0 Å². The first-order valence-electron chi connectivity index (χ1n) is 11.6. The van der Waals surface area contributed by atoms with E-state index in [1.165, 1.54) is 5.56 Å². The van der Waals surface area contributed by atoms with Crippen molar-refractivity contribution in [2.24, 2.45) is 5.10 Å². The van der Waals surface area contributed by atoms with E-state index in [1.54, 1.807) is 31.4 Å². The highest BCUT2D eigenvalue weighted by atomic mass is 16.5. The fraction of sp³-hybridized carbons (Fsp3) is 0.296. The predicted molar refractivity (Wildman–Crippen MR) is 130 cm³/mol. The van der Waals surface area contributed by atoms with Crippen LogP contribution in [0.4, 0.5) is 5.69 Å². The van der Waals surface area contributed by atoms with Crippen LogP contribution < -0.4 is 15.1 Å². The Labute approximate surface area is 198 Å². The minimum atomic E-state index is -0.301. The van der Waals surface area contributed by atoms with Crippen molar-refractivity contribution in [3.63, 3.8) is 0 Å². The normalized spacial score (nSPS) is 16.1. The smallest absolute Gasteiger partial charge is 0.294 e. The number of fused-ring (bicyclic) bond motifs is 2. The van der Waals surface area contributed by atoms with Crippen molar-refractivity contribution in [3.8, 4) is 5.75 Å². The zero-order chi connectivity index (χ0) is 23.7. The van der Waals surface area contributed by atoms with Gasteiger partial charge in [0.2, 0.25) is 0 Å². The Bertz CT molecular complexity index is 1270. The number of para-hydroxylation sites is 1. The van der Waals surface area contributed by atoms with Crippen LogP contribution in [0.15, 0.2) is 58.0 Å². The first-order valence-corrected chi connectivity index (χ1v) is 11.6. The summed E-state index contributed by atoms with van der Waals surface area (Å²) in [7, 11) is 1.58. The molecule has 7 nitrogen and oxygen atoms in total. The van der Waals surface area contributed by atoms with Crippen LogP contribution in [0.2, 0.25) is 0 Å². The van der Waals surface area contributed by atoms with Gasteiger partial charge >= 0.3 is 0 Å². The molecule has 0 spiro atoms. The topological polar surface area (TPSA) is 84.1 Å². The number of hydrazone groups is 1. The molecule has 0 saturated heterocycles. The van der Waals surface area contributed by atoms with Gasteiger partial charge in [-0.05, 0) is 68.5 Å². The van der Waals surface area contributed by atoms with Gasteiger partial charge in [0.05, 0.1) is 12.8 Å². The maximum Gasteiger partial charge on any atom is 0.294 e. The van der Waals surface area contributed by atoms with Crippen LogP contribution in [-0.2, 0) is 12.8 Å². The third-order valence-electron chi connectivity index (χ3n) is 6.52. The molecule has 2 heterocycles. The summed E-state index contributed by atoms with van der Waals surface area (Å²) in [5.74, 6) is 1.38. The molecule has 2 amide bonds. The molecular weight excluding hydrogens is 430 g/mol. The molecule has 0 unspecified atom stereocenters. The van der Waals surface area contributed by atoms with Gasteiger partial charge in [0, 0.05) is 35.3 Å². The van der Waals surface area contributed by atoms with E-state index in [0.29, 0.717) is 30.0 Å². The molecule has 1 aromatic heterocycles. The lowest BCUT2D eigenvalue weighted by Crippen LogP contribution is -2.35. The lowest BCUT2D eigenvalue weighted by Gasteiger charge is -2.28. The number of rotatable bonds is 4. The summed E-state index contributed by atoms with van der Waals surface area (Å²) in [5, 5.41) is 4.43. The highest BCUT2D eigenvalue weighted by Gasteiger charge is 2.32. The van der Waals surface area contributed by atoms with Crippen LogP contribution in [0.25, 0.3) is 0 Å². The van der Waals surface area contributed by atoms with E-state index in [4.69, 9.17) is 9.15 Å². The third kappa shape index (κ3) is 3.98. The number of furan rings is 1. The molecule has 2 aromatic carbocycles. The van der Waals surface area contributed by atoms with Gasteiger partial charge in [0.25, 0.3) is 11.8 Å². The SMILES string of the molecule is COc1ccc(C(=O)N/N=C2\CCCc3oc(C(=O)N4CCCc5ccccc54)c(C)c32)cc1. The molecule has 0 radical (unpaired) electrons. The zero-order valence-electron chi connectivity index (χ0n) is 19.4. The van der Waals surface area contributed by atoms with Crippen molar-refractivity contribution in [2.75, 3.05) is 18.6 Å². The summed E-state index contributed by atoms with van der Waals surface area (Å²) in [5.41, 5.74) is 7.64. The molecule has 0 fully saturated rings. The van der Waals surface area contributed by atoms with Gasteiger partial charge in [-0.25, -0.2) is 5.43 Å². The number of nitrogens with one attached hydrogen (secondary N) is 1. The van der Waals surface area contributed by atoms with E-state index in [2.05, 4.69) is 16.6 Å². The van der Waals surface area contributed by atoms with Gasteiger partial charge in [-0.2, -0.15) is 5.10 Å². The van der Waals surface area contributed by atoms with Gasteiger partial charge < -0.3 is 14.1 Å². The molecule has 1 aliphatic heterocycles. The Kier molecular flexibility index (Phi) is 5.92. The molecule has 1 N–H and O–H groups in total. The average Bonchev–Trinajstić information content (AvgIpc) is 3.23. The first kappa shape index (κ1) is 21.9. The summed E-state index contributed by atoms with van der Waals surface area (Å²) in [4.78, 5) is 27.9. The standard InChI is InChI=1S/C27H27N3O4/c1-17-24-21(28-29-26(31)19-12-14-20(33-2)15-13-19)9-5-11-23(24)34-25(17)27(32)30-16-6-8-18-7-3-4-10-22(18)30/h3-4,7,10,12-15H,5-6,8-9,11,16H2,1-2H3,(H,29,31)/b28-21+. The highest BCUT2D eigenvalue weighted by Crippen LogP contribution is 2.33. The maximum atomic E-state index is 13.5. The Balaban J connectivity index is 1.41. The van der Waals surface area contributed by atoms with Crippen LogP contribution in [0.5, 0.6) is 5.75 Å². The van der Waals surface area contributed by atoms with E-state index in [0.717, 1.165) is 54.0 Å². The number of hydrogen-bond acceptors (Lipinski definition) is 5. The second-order valence-corrected chi connectivity index (χ2v) is 8.62. The molecule has 174 valence electrons. The summed E-state index contributed by atoms with van der Waals surface area (Å²) >= 11 is 0. The van der Waals surface area contributed by atoms with Crippen LogP contribution >= 0.6 is 0 Å². The Morgan fingerprint density at radius 1 is 1.03 bits per heavy atom. The summed E-state index contributed by atoms with van der Waals surface area (Å²) < 4.78 is 11.3. The monoisotopic (exact) mass is 457 g/mol. The second kappa shape index (κ2) is 9.17. The number of hydrogen-bond donors (Lipinski definition) is 1. The molecular formula is C27H27N3O4. The van der Waals surface area contributed by atoms with Gasteiger partial charge in [-0.1, -0.05) is 18.2 Å². The van der Waals surface area contributed by atoms with Gasteiger partial charge in [-0.15, -0.1) is 0 Å². The van der Waals surface area contributed by atoms with Gasteiger partial charge in [-0.3, -0.25) is 9.59 Å². The molecule has 0 atom stereocenters. The van der Waals surface area contributed by atoms with Crippen LogP contribution in [0.1, 0.15) is 62.6 Å². The zero-order valence-corrected chi connectivity index (χ0v) is 19.4. The Hall–Kier alpha value is -3.87. The fourth-order valence-corrected chi connectivity index (χ4v) is 4.78. The number of amides is 2. The quantitative estimate of drug-likeness (QED) is 0.578. The number of aryl methyl sites for hydroxylation is 2. The minimum Gasteiger partial charge on any atom is -0.497 e. The lowest BCUT2D eigenvalue weighted by atomic mass is 9.93. The molecule has 34 heavy (non-hydrogen) atoms. The fourth-order valence-electron chi connectivity index (χ4n) is 4.78. The van der Waals surface area contributed by atoms with Gasteiger partial charge in [0.1, 0.15) is 11.5 Å². The average molecular weight is 458 g/mol. The first-order chi connectivity index (χ1) is 16.6. The molecule has 2 aliphatic rings. The molecule has 0 saturated carbocycles. The Morgan fingerprint density at radius 3 is 2.62 bits per heavy atom. The van der Waals surface area contributed by atoms with E-state index < -0.39 is 0 Å². The third-order valence-corrected chi connectivity index (χ3v) is 6.52. The summed E-state index contributed by atoms with van der Waals surface area (Å²) in [6.45, 7) is 2.57. The predicted octanol–water partition coefficient (Wildman–Crippen LogP) is 4.66. The number of anilines is 1. The van der Waals surface area contributed by atoms with Crippen molar-refractivity contribution in [3.05, 3.63) is 82.3 Å². The Morgan fingerprint density at radius 2 is 1.82 bits per heavy atom. The number of carbonyl (C=O) groups is 2. The number of ether oxygens (including phenoxy) is 1. The molecule has 5 rings (SSSR count).